The third kappa shape index (κ3) is 3.67. The first-order valence-corrected chi connectivity index (χ1v) is 8.74. The Hall–Kier alpha value is -3.23. The van der Waals surface area contributed by atoms with E-state index in [1.165, 1.54) is 0 Å². The van der Waals surface area contributed by atoms with Gasteiger partial charge in [0.15, 0.2) is 0 Å². The molecule has 0 spiro atoms. The monoisotopic (exact) mass is 380 g/mol. The number of allylic oxidation sites excluding steroid dienone is 1. The van der Waals surface area contributed by atoms with E-state index in [2.05, 4.69) is 6.07 Å². The molecule has 6 heteroatoms. The predicted octanol–water partition coefficient (Wildman–Crippen LogP) is 4.12. The molecular weight excluding hydrogens is 364 g/mol. The first-order valence-electron chi connectivity index (χ1n) is 8.36. The molecule has 1 heterocycles. The first kappa shape index (κ1) is 18.6. The Morgan fingerprint density at radius 1 is 1.22 bits per heavy atom. The molecule has 27 heavy (non-hydrogen) atoms. The molecule has 0 aromatic heterocycles. The van der Waals surface area contributed by atoms with Crippen LogP contribution in [-0.2, 0) is 14.3 Å². The Morgan fingerprint density at radius 2 is 1.89 bits per heavy atom. The van der Waals surface area contributed by atoms with Crippen LogP contribution < -0.4 is 5.73 Å². The van der Waals surface area contributed by atoms with Gasteiger partial charge in [-0.2, -0.15) is 5.26 Å². The van der Waals surface area contributed by atoms with Gasteiger partial charge in [-0.15, -0.1) is 0 Å². The Kier molecular flexibility index (Phi) is 5.49. The van der Waals surface area contributed by atoms with Crippen LogP contribution in [0.15, 0.2) is 71.6 Å². The SMILES string of the molecule is CCOC(=O)C1=C(c2ccccc2)OC(N)=C(C#N)C1c1ccc(Cl)cc1. The summed E-state index contributed by atoms with van der Waals surface area (Å²) in [5.41, 5.74) is 7.78. The van der Waals surface area contributed by atoms with Crippen molar-refractivity contribution in [3.63, 3.8) is 0 Å². The molecular formula is C21H17ClN2O3. The van der Waals surface area contributed by atoms with E-state index in [-0.39, 0.29) is 29.4 Å². The summed E-state index contributed by atoms with van der Waals surface area (Å²) in [6.45, 7) is 1.91. The van der Waals surface area contributed by atoms with Gasteiger partial charge in [-0.1, -0.05) is 54.1 Å². The van der Waals surface area contributed by atoms with Gasteiger partial charge in [0.05, 0.1) is 18.1 Å². The van der Waals surface area contributed by atoms with Gasteiger partial charge in [0.1, 0.15) is 17.4 Å². The topological polar surface area (TPSA) is 85.3 Å². The van der Waals surface area contributed by atoms with Crippen LogP contribution in [0.5, 0.6) is 0 Å². The standard InChI is InChI=1S/C21H17ClN2O3/c1-2-26-21(25)18-17(13-8-10-15(22)11-9-13)16(12-23)20(24)27-19(18)14-6-4-3-5-7-14/h3-11,17H,2,24H2,1H3. The minimum Gasteiger partial charge on any atom is -0.463 e. The number of nitriles is 1. The minimum absolute atomic E-state index is 0.0376. The second-order valence-electron chi connectivity index (χ2n) is 5.81. The molecule has 136 valence electrons. The maximum Gasteiger partial charge on any atom is 0.338 e. The molecule has 0 bridgehead atoms. The quantitative estimate of drug-likeness (QED) is 0.806. The van der Waals surface area contributed by atoms with Crippen molar-refractivity contribution in [3.8, 4) is 6.07 Å². The van der Waals surface area contributed by atoms with Gasteiger partial charge in [-0.3, -0.25) is 0 Å². The van der Waals surface area contributed by atoms with E-state index in [4.69, 9.17) is 26.8 Å². The van der Waals surface area contributed by atoms with Crippen LogP contribution in [0.2, 0.25) is 5.02 Å². The highest BCUT2D eigenvalue weighted by atomic mass is 35.5. The molecule has 0 saturated carbocycles. The van der Waals surface area contributed by atoms with Crippen LogP contribution in [0.3, 0.4) is 0 Å². The molecule has 2 aromatic rings. The van der Waals surface area contributed by atoms with Crippen molar-refractivity contribution in [2.45, 2.75) is 12.8 Å². The number of hydrogen-bond donors (Lipinski definition) is 1. The molecule has 5 nitrogen and oxygen atoms in total. The Morgan fingerprint density at radius 3 is 2.48 bits per heavy atom. The molecule has 2 aromatic carbocycles. The number of esters is 1. The number of carbonyl (C=O) groups is 1. The summed E-state index contributed by atoms with van der Waals surface area (Å²) in [5, 5.41) is 10.2. The zero-order valence-electron chi connectivity index (χ0n) is 14.6. The zero-order chi connectivity index (χ0) is 19.4. The Balaban J connectivity index is 2.26. The van der Waals surface area contributed by atoms with Gasteiger partial charge >= 0.3 is 5.97 Å². The maximum absolute atomic E-state index is 12.8. The second-order valence-corrected chi connectivity index (χ2v) is 6.24. The number of nitrogens with zero attached hydrogens (tertiary/aromatic N) is 1. The van der Waals surface area contributed by atoms with Crippen molar-refractivity contribution in [3.05, 3.63) is 87.8 Å². The average molecular weight is 381 g/mol. The summed E-state index contributed by atoms with van der Waals surface area (Å²) in [4.78, 5) is 12.8. The highest BCUT2D eigenvalue weighted by molar-refractivity contribution is 6.30. The molecule has 0 aliphatic carbocycles. The smallest absolute Gasteiger partial charge is 0.338 e. The van der Waals surface area contributed by atoms with E-state index < -0.39 is 11.9 Å². The van der Waals surface area contributed by atoms with Gasteiger partial charge in [0, 0.05) is 10.6 Å². The van der Waals surface area contributed by atoms with Crippen molar-refractivity contribution < 1.29 is 14.3 Å². The molecule has 1 aliphatic heterocycles. The fourth-order valence-corrected chi connectivity index (χ4v) is 3.10. The summed E-state index contributed by atoms with van der Waals surface area (Å²) in [7, 11) is 0. The number of hydrogen-bond acceptors (Lipinski definition) is 5. The van der Waals surface area contributed by atoms with Crippen molar-refractivity contribution in [2.24, 2.45) is 5.73 Å². The molecule has 0 saturated heterocycles. The number of carbonyl (C=O) groups excluding carboxylic acids is 1. The summed E-state index contributed by atoms with van der Waals surface area (Å²) in [6, 6.07) is 18.1. The maximum atomic E-state index is 12.8. The summed E-state index contributed by atoms with van der Waals surface area (Å²) < 4.78 is 11.0. The number of ether oxygens (including phenoxy) is 2. The van der Waals surface area contributed by atoms with E-state index in [1.807, 2.05) is 18.2 Å². The molecule has 0 amide bonds. The number of rotatable bonds is 4. The van der Waals surface area contributed by atoms with Crippen molar-refractivity contribution in [1.29, 1.82) is 5.26 Å². The third-order valence-corrected chi connectivity index (χ3v) is 4.41. The van der Waals surface area contributed by atoms with Gasteiger partial charge < -0.3 is 15.2 Å². The van der Waals surface area contributed by atoms with E-state index in [9.17, 15) is 10.1 Å². The van der Waals surface area contributed by atoms with Crippen molar-refractivity contribution in [2.75, 3.05) is 6.61 Å². The molecule has 1 aliphatic rings. The van der Waals surface area contributed by atoms with E-state index in [0.29, 0.717) is 16.1 Å². The third-order valence-electron chi connectivity index (χ3n) is 4.15. The van der Waals surface area contributed by atoms with Crippen molar-refractivity contribution in [1.82, 2.24) is 0 Å². The van der Waals surface area contributed by atoms with Crippen LogP contribution in [0.4, 0.5) is 0 Å². The fourth-order valence-electron chi connectivity index (χ4n) is 2.97. The zero-order valence-corrected chi connectivity index (χ0v) is 15.4. The molecule has 3 rings (SSSR count). The van der Waals surface area contributed by atoms with Gasteiger partial charge in [-0.05, 0) is 24.6 Å². The van der Waals surface area contributed by atoms with Crippen LogP contribution in [0, 0.1) is 11.3 Å². The normalized spacial score (nSPS) is 16.6. The second kappa shape index (κ2) is 7.98. The van der Waals surface area contributed by atoms with E-state index in [0.717, 1.165) is 0 Å². The number of nitrogens with two attached hydrogens (primary N) is 1. The molecule has 1 atom stereocenters. The lowest BCUT2D eigenvalue weighted by molar-refractivity contribution is -0.138. The van der Waals surface area contributed by atoms with E-state index >= 15 is 0 Å². The van der Waals surface area contributed by atoms with Gasteiger partial charge in [0.25, 0.3) is 0 Å². The van der Waals surface area contributed by atoms with E-state index in [1.54, 1.807) is 43.3 Å². The van der Waals surface area contributed by atoms with Gasteiger partial charge in [0.2, 0.25) is 5.88 Å². The lowest BCUT2D eigenvalue weighted by Gasteiger charge is -2.28. The molecule has 0 radical (unpaired) electrons. The summed E-state index contributed by atoms with van der Waals surface area (Å²) in [5.74, 6) is -1.03. The van der Waals surface area contributed by atoms with Crippen molar-refractivity contribution >= 4 is 23.3 Å². The van der Waals surface area contributed by atoms with Crippen LogP contribution >= 0.6 is 11.6 Å². The lowest BCUT2D eigenvalue weighted by atomic mass is 9.82. The summed E-state index contributed by atoms with van der Waals surface area (Å²) in [6.07, 6.45) is 0. The lowest BCUT2D eigenvalue weighted by Crippen LogP contribution is -2.25. The number of benzene rings is 2. The van der Waals surface area contributed by atoms with Crippen LogP contribution in [0.1, 0.15) is 24.0 Å². The summed E-state index contributed by atoms with van der Waals surface area (Å²) >= 11 is 5.99. The van der Waals surface area contributed by atoms with Gasteiger partial charge in [-0.25, -0.2) is 4.79 Å². The molecule has 0 fully saturated rings. The highest BCUT2D eigenvalue weighted by Gasteiger charge is 2.38. The first-order chi connectivity index (χ1) is 13.1. The van der Waals surface area contributed by atoms with Crippen LogP contribution in [-0.4, -0.2) is 12.6 Å². The predicted molar refractivity (Wildman–Crippen MR) is 102 cm³/mol. The minimum atomic E-state index is -0.713. The highest BCUT2D eigenvalue weighted by Crippen LogP contribution is 2.42. The Bertz CT molecular complexity index is 957. The van der Waals surface area contributed by atoms with Crippen LogP contribution in [0.25, 0.3) is 5.76 Å². The average Bonchev–Trinajstić information content (AvgIpc) is 2.68. The fraction of sp³-hybridized carbons (Fsp3) is 0.143. The molecule has 1 unspecified atom stereocenters. The molecule has 2 N–H and O–H groups in total. The largest absolute Gasteiger partial charge is 0.463 e. The Labute approximate surface area is 162 Å². The number of halogens is 1.